The standard InChI is InChI=1S/C14H17BrF3N3/c15-9-7-10(14(16,17)18)13(20-8-9)21-6-2-4-12(21)11-3-1-5-19-11/h7-8,11-12,19H,1-6H2. The molecule has 0 amide bonds. The maximum Gasteiger partial charge on any atom is 0.419 e. The molecule has 1 aromatic heterocycles. The van der Waals surface area contributed by atoms with Crippen molar-refractivity contribution in [2.45, 2.75) is 43.9 Å². The van der Waals surface area contributed by atoms with Crippen LogP contribution >= 0.6 is 15.9 Å². The van der Waals surface area contributed by atoms with E-state index in [4.69, 9.17) is 0 Å². The van der Waals surface area contributed by atoms with E-state index in [-0.39, 0.29) is 17.9 Å². The lowest BCUT2D eigenvalue weighted by molar-refractivity contribution is -0.137. The van der Waals surface area contributed by atoms with Gasteiger partial charge in [0.15, 0.2) is 0 Å². The normalized spacial score (nSPS) is 26.6. The van der Waals surface area contributed by atoms with E-state index in [1.165, 1.54) is 6.20 Å². The SMILES string of the molecule is FC(F)(F)c1cc(Br)cnc1N1CCCC1C1CCCN1. The number of halogens is 4. The molecule has 0 aliphatic carbocycles. The van der Waals surface area contributed by atoms with E-state index in [0.717, 1.165) is 38.3 Å². The van der Waals surface area contributed by atoms with Crippen LogP contribution in [0.15, 0.2) is 16.7 Å². The minimum Gasteiger partial charge on any atom is -0.352 e. The molecular formula is C14H17BrF3N3. The van der Waals surface area contributed by atoms with Gasteiger partial charge in [0.05, 0.1) is 5.56 Å². The molecule has 116 valence electrons. The smallest absolute Gasteiger partial charge is 0.352 e. The molecule has 1 aromatic rings. The molecule has 2 saturated heterocycles. The lowest BCUT2D eigenvalue weighted by atomic mass is 10.0. The summed E-state index contributed by atoms with van der Waals surface area (Å²) < 4.78 is 40.2. The lowest BCUT2D eigenvalue weighted by Crippen LogP contribution is -2.45. The zero-order valence-corrected chi connectivity index (χ0v) is 13.0. The van der Waals surface area contributed by atoms with Gasteiger partial charge in [-0.05, 0) is 54.2 Å². The van der Waals surface area contributed by atoms with Crippen LogP contribution in [0.3, 0.4) is 0 Å². The van der Waals surface area contributed by atoms with Crippen LogP contribution in [0.2, 0.25) is 0 Å². The average molecular weight is 364 g/mol. The summed E-state index contributed by atoms with van der Waals surface area (Å²) in [5, 5.41) is 3.41. The van der Waals surface area contributed by atoms with E-state index in [1.54, 1.807) is 0 Å². The highest BCUT2D eigenvalue weighted by Gasteiger charge is 2.40. The van der Waals surface area contributed by atoms with Crippen LogP contribution in [0.25, 0.3) is 0 Å². The van der Waals surface area contributed by atoms with Crippen LogP contribution in [0, 0.1) is 0 Å². The van der Waals surface area contributed by atoms with Gasteiger partial charge in [0.2, 0.25) is 0 Å². The van der Waals surface area contributed by atoms with Crippen molar-refractivity contribution >= 4 is 21.7 Å². The fraction of sp³-hybridized carbons (Fsp3) is 0.643. The predicted octanol–water partition coefficient (Wildman–Crippen LogP) is 3.58. The van der Waals surface area contributed by atoms with Crippen molar-refractivity contribution in [3.63, 3.8) is 0 Å². The molecule has 7 heteroatoms. The first-order chi connectivity index (χ1) is 9.97. The average Bonchev–Trinajstić information content (AvgIpc) is 3.08. The number of anilines is 1. The Labute approximate surface area is 130 Å². The summed E-state index contributed by atoms with van der Waals surface area (Å²) in [7, 11) is 0. The van der Waals surface area contributed by atoms with Crippen LogP contribution in [0.1, 0.15) is 31.2 Å². The Morgan fingerprint density at radius 3 is 2.76 bits per heavy atom. The Kier molecular flexibility index (Phi) is 4.14. The highest BCUT2D eigenvalue weighted by atomic mass is 79.9. The van der Waals surface area contributed by atoms with E-state index in [9.17, 15) is 13.2 Å². The number of pyridine rings is 1. The number of alkyl halides is 3. The predicted molar refractivity (Wildman–Crippen MR) is 78.3 cm³/mol. The maximum atomic E-state index is 13.3. The molecule has 0 radical (unpaired) electrons. The molecule has 1 N–H and O–H groups in total. The van der Waals surface area contributed by atoms with Crippen molar-refractivity contribution < 1.29 is 13.2 Å². The number of hydrogen-bond donors (Lipinski definition) is 1. The fourth-order valence-electron chi connectivity index (χ4n) is 3.38. The van der Waals surface area contributed by atoms with Crippen molar-refractivity contribution in [2.24, 2.45) is 0 Å². The van der Waals surface area contributed by atoms with Gasteiger partial charge in [-0.15, -0.1) is 0 Å². The molecule has 2 unspecified atom stereocenters. The first-order valence-electron chi connectivity index (χ1n) is 7.19. The number of nitrogens with zero attached hydrogens (tertiary/aromatic N) is 2. The Morgan fingerprint density at radius 2 is 2.10 bits per heavy atom. The lowest BCUT2D eigenvalue weighted by Gasteiger charge is -2.32. The largest absolute Gasteiger partial charge is 0.419 e. The minimum atomic E-state index is -4.39. The molecule has 2 fully saturated rings. The molecule has 0 aromatic carbocycles. The summed E-state index contributed by atoms with van der Waals surface area (Å²) in [4.78, 5) is 5.93. The van der Waals surface area contributed by atoms with E-state index in [2.05, 4.69) is 26.2 Å². The Balaban J connectivity index is 1.95. The van der Waals surface area contributed by atoms with E-state index in [1.807, 2.05) is 4.90 Å². The second-order valence-electron chi connectivity index (χ2n) is 5.63. The number of nitrogens with one attached hydrogen (secondary N) is 1. The molecule has 2 atom stereocenters. The summed E-state index contributed by atoms with van der Waals surface area (Å²) in [6.45, 7) is 1.59. The van der Waals surface area contributed by atoms with Crippen LogP contribution in [-0.2, 0) is 6.18 Å². The van der Waals surface area contributed by atoms with Crippen LogP contribution < -0.4 is 10.2 Å². The number of hydrogen-bond acceptors (Lipinski definition) is 3. The van der Waals surface area contributed by atoms with Crippen molar-refractivity contribution in [1.29, 1.82) is 0 Å². The van der Waals surface area contributed by atoms with E-state index >= 15 is 0 Å². The molecular weight excluding hydrogens is 347 g/mol. The molecule has 0 bridgehead atoms. The Morgan fingerprint density at radius 1 is 1.29 bits per heavy atom. The quantitative estimate of drug-likeness (QED) is 0.870. The van der Waals surface area contributed by atoms with Gasteiger partial charge >= 0.3 is 6.18 Å². The van der Waals surface area contributed by atoms with Crippen molar-refractivity contribution in [2.75, 3.05) is 18.0 Å². The fourth-order valence-corrected chi connectivity index (χ4v) is 3.71. The molecule has 2 aliphatic rings. The Bertz CT molecular complexity index is 515. The summed E-state index contributed by atoms with van der Waals surface area (Å²) in [6, 6.07) is 1.51. The molecule has 0 saturated carbocycles. The monoisotopic (exact) mass is 363 g/mol. The number of aromatic nitrogens is 1. The molecule has 2 aliphatic heterocycles. The summed E-state index contributed by atoms with van der Waals surface area (Å²) in [6.07, 6.45) is 1.02. The van der Waals surface area contributed by atoms with Crippen LogP contribution in [0.4, 0.5) is 19.0 Å². The van der Waals surface area contributed by atoms with Gasteiger partial charge in [-0.1, -0.05) is 0 Å². The van der Waals surface area contributed by atoms with Crippen molar-refractivity contribution in [1.82, 2.24) is 10.3 Å². The first kappa shape index (κ1) is 15.1. The van der Waals surface area contributed by atoms with Gasteiger partial charge in [0.25, 0.3) is 0 Å². The van der Waals surface area contributed by atoms with Crippen LogP contribution in [0.5, 0.6) is 0 Å². The van der Waals surface area contributed by atoms with Gasteiger partial charge in [-0.2, -0.15) is 13.2 Å². The second-order valence-corrected chi connectivity index (χ2v) is 6.54. The Hall–Kier alpha value is -0.820. The van der Waals surface area contributed by atoms with Gasteiger partial charge in [-0.25, -0.2) is 4.98 Å². The third-order valence-electron chi connectivity index (χ3n) is 4.27. The van der Waals surface area contributed by atoms with Gasteiger partial charge < -0.3 is 10.2 Å². The second kappa shape index (κ2) is 5.76. The summed E-state index contributed by atoms with van der Waals surface area (Å²) in [5.74, 6) is 0.0712. The van der Waals surface area contributed by atoms with Crippen molar-refractivity contribution in [3.8, 4) is 0 Å². The number of rotatable bonds is 2. The molecule has 0 spiro atoms. The van der Waals surface area contributed by atoms with Crippen LogP contribution in [-0.4, -0.2) is 30.2 Å². The third-order valence-corrected chi connectivity index (χ3v) is 4.71. The molecule has 3 nitrogen and oxygen atoms in total. The zero-order chi connectivity index (χ0) is 15.0. The van der Waals surface area contributed by atoms with E-state index in [0.29, 0.717) is 11.0 Å². The molecule has 21 heavy (non-hydrogen) atoms. The van der Waals surface area contributed by atoms with Gasteiger partial charge in [0.1, 0.15) is 5.82 Å². The zero-order valence-electron chi connectivity index (χ0n) is 11.5. The minimum absolute atomic E-state index is 0.0712. The summed E-state index contributed by atoms with van der Waals surface area (Å²) in [5.41, 5.74) is -0.651. The highest BCUT2D eigenvalue weighted by Crippen LogP contribution is 2.40. The topological polar surface area (TPSA) is 28.2 Å². The molecule has 3 rings (SSSR count). The maximum absolute atomic E-state index is 13.3. The third kappa shape index (κ3) is 3.04. The van der Waals surface area contributed by atoms with E-state index < -0.39 is 11.7 Å². The van der Waals surface area contributed by atoms with Gasteiger partial charge in [0, 0.05) is 29.3 Å². The summed E-state index contributed by atoms with van der Waals surface area (Å²) >= 11 is 3.09. The molecule has 3 heterocycles. The van der Waals surface area contributed by atoms with Crippen molar-refractivity contribution in [3.05, 3.63) is 22.3 Å². The van der Waals surface area contributed by atoms with Gasteiger partial charge in [-0.3, -0.25) is 0 Å². The first-order valence-corrected chi connectivity index (χ1v) is 7.99. The highest BCUT2D eigenvalue weighted by molar-refractivity contribution is 9.10.